The van der Waals surface area contributed by atoms with Crippen LogP contribution in [0.15, 0.2) is 54.7 Å². The van der Waals surface area contributed by atoms with Crippen molar-refractivity contribution >= 4 is 17.5 Å². The van der Waals surface area contributed by atoms with Crippen molar-refractivity contribution in [2.75, 3.05) is 31.5 Å². The average Bonchev–Trinajstić information content (AvgIpc) is 2.69. The van der Waals surface area contributed by atoms with Gasteiger partial charge in [0.05, 0.1) is 26.1 Å². The Morgan fingerprint density at radius 1 is 1.04 bits per heavy atom. The Kier molecular flexibility index (Phi) is 5.48. The Labute approximate surface area is 152 Å². The van der Waals surface area contributed by atoms with Gasteiger partial charge < -0.3 is 19.7 Å². The fourth-order valence-corrected chi connectivity index (χ4v) is 2.49. The maximum Gasteiger partial charge on any atom is 0.249 e. The molecule has 2 aromatic carbocycles. The van der Waals surface area contributed by atoms with Crippen molar-refractivity contribution in [3.05, 3.63) is 60.3 Å². The van der Waals surface area contributed by atoms with E-state index in [0.29, 0.717) is 17.4 Å². The van der Waals surface area contributed by atoms with Gasteiger partial charge in [-0.25, -0.2) is 0 Å². The van der Waals surface area contributed by atoms with E-state index in [1.54, 1.807) is 26.5 Å². The first-order chi connectivity index (χ1) is 12.7. The molecule has 0 aliphatic rings. The van der Waals surface area contributed by atoms with E-state index in [1.165, 1.54) is 5.56 Å². The summed E-state index contributed by atoms with van der Waals surface area (Å²) in [4.78, 5) is 6.55. The number of ether oxygens (including phenoxy) is 2. The minimum atomic E-state index is 0.394. The summed E-state index contributed by atoms with van der Waals surface area (Å²) in [5.74, 6) is 2.46. The zero-order valence-corrected chi connectivity index (χ0v) is 15.0. The highest BCUT2D eigenvalue weighted by atomic mass is 16.5. The SMILES string of the molecule is COc1ccc(Nc2nncc(N(C)Cc3ccccc3)n2)c(OC)c1. The van der Waals surface area contributed by atoms with Crippen LogP contribution in [0, 0.1) is 0 Å². The Hall–Kier alpha value is -3.35. The number of nitrogens with one attached hydrogen (secondary N) is 1. The van der Waals surface area contributed by atoms with Gasteiger partial charge in [-0.05, 0) is 17.7 Å². The minimum absolute atomic E-state index is 0.394. The lowest BCUT2D eigenvalue weighted by Crippen LogP contribution is -2.18. The van der Waals surface area contributed by atoms with Gasteiger partial charge in [0.25, 0.3) is 0 Å². The van der Waals surface area contributed by atoms with Crippen molar-refractivity contribution in [2.45, 2.75) is 6.54 Å². The quantitative estimate of drug-likeness (QED) is 0.700. The van der Waals surface area contributed by atoms with Crippen LogP contribution in [0.1, 0.15) is 5.56 Å². The first kappa shape index (κ1) is 17.5. The van der Waals surface area contributed by atoms with Crippen molar-refractivity contribution in [1.82, 2.24) is 15.2 Å². The van der Waals surface area contributed by atoms with E-state index in [0.717, 1.165) is 18.1 Å². The molecule has 0 unspecified atom stereocenters. The highest BCUT2D eigenvalue weighted by Gasteiger charge is 2.10. The van der Waals surface area contributed by atoms with Crippen LogP contribution in [0.25, 0.3) is 0 Å². The first-order valence-electron chi connectivity index (χ1n) is 8.13. The largest absolute Gasteiger partial charge is 0.497 e. The fraction of sp³-hybridized carbons (Fsp3) is 0.211. The third kappa shape index (κ3) is 4.18. The molecule has 26 heavy (non-hydrogen) atoms. The van der Waals surface area contributed by atoms with E-state index in [9.17, 15) is 0 Å². The Morgan fingerprint density at radius 2 is 1.85 bits per heavy atom. The maximum atomic E-state index is 5.39. The van der Waals surface area contributed by atoms with Gasteiger partial charge in [0.1, 0.15) is 11.5 Å². The molecule has 0 amide bonds. The number of nitrogens with zero attached hydrogens (tertiary/aromatic N) is 4. The summed E-state index contributed by atoms with van der Waals surface area (Å²) in [7, 11) is 5.18. The second-order valence-corrected chi connectivity index (χ2v) is 5.67. The molecule has 1 heterocycles. The number of rotatable bonds is 7. The second kappa shape index (κ2) is 8.15. The smallest absolute Gasteiger partial charge is 0.249 e. The lowest BCUT2D eigenvalue weighted by molar-refractivity contribution is 0.395. The van der Waals surface area contributed by atoms with E-state index < -0.39 is 0 Å². The molecule has 0 atom stereocenters. The summed E-state index contributed by atoms with van der Waals surface area (Å²) in [5, 5.41) is 11.2. The standard InChI is InChI=1S/C19H21N5O2/c1-24(13-14-7-5-4-6-8-14)18-12-20-23-19(22-18)21-16-10-9-15(25-2)11-17(16)26-3/h4-12H,13H2,1-3H3,(H,21,22,23). The lowest BCUT2D eigenvalue weighted by atomic mass is 10.2. The molecule has 3 rings (SSSR count). The molecule has 3 aromatic rings. The normalized spacial score (nSPS) is 10.3. The molecule has 0 radical (unpaired) electrons. The number of hydrogen-bond acceptors (Lipinski definition) is 7. The summed E-state index contributed by atoms with van der Waals surface area (Å²) in [6.07, 6.45) is 1.64. The molecule has 0 spiro atoms. The monoisotopic (exact) mass is 351 g/mol. The predicted molar refractivity (Wildman–Crippen MR) is 101 cm³/mol. The molecular formula is C19H21N5O2. The molecule has 0 aliphatic carbocycles. The summed E-state index contributed by atoms with van der Waals surface area (Å²) in [6, 6.07) is 15.7. The zero-order valence-electron chi connectivity index (χ0n) is 15.0. The molecule has 7 heteroatoms. The molecule has 0 fully saturated rings. The number of aromatic nitrogens is 3. The van der Waals surface area contributed by atoms with Gasteiger partial charge in [-0.2, -0.15) is 10.1 Å². The second-order valence-electron chi connectivity index (χ2n) is 5.67. The molecule has 0 aliphatic heterocycles. The van der Waals surface area contributed by atoms with E-state index >= 15 is 0 Å². The van der Waals surface area contributed by atoms with Gasteiger partial charge in [-0.15, -0.1) is 5.10 Å². The number of anilines is 3. The van der Waals surface area contributed by atoms with Gasteiger partial charge in [0, 0.05) is 19.7 Å². The van der Waals surface area contributed by atoms with Gasteiger partial charge >= 0.3 is 0 Å². The van der Waals surface area contributed by atoms with Gasteiger partial charge in [0.15, 0.2) is 5.82 Å². The van der Waals surface area contributed by atoms with E-state index in [4.69, 9.17) is 9.47 Å². The first-order valence-corrected chi connectivity index (χ1v) is 8.13. The van der Waals surface area contributed by atoms with Crippen LogP contribution in [0.2, 0.25) is 0 Å². The van der Waals surface area contributed by atoms with Crippen molar-refractivity contribution in [3.63, 3.8) is 0 Å². The van der Waals surface area contributed by atoms with Gasteiger partial charge in [0.2, 0.25) is 5.95 Å². The van der Waals surface area contributed by atoms with Crippen molar-refractivity contribution < 1.29 is 9.47 Å². The molecule has 7 nitrogen and oxygen atoms in total. The van der Waals surface area contributed by atoms with Crippen LogP contribution in [0.5, 0.6) is 11.5 Å². The van der Waals surface area contributed by atoms with Crippen molar-refractivity contribution in [2.24, 2.45) is 0 Å². The molecule has 1 aromatic heterocycles. The summed E-state index contributed by atoms with van der Waals surface area (Å²) in [6.45, 7) is 0.727. The maximum absolute atomic E-state index is 5.39. The van der Waals surface area contributed by atoms with Gasteiger partial charge in [-0.1, -0.05) is 30.3 Å². The zero-order chi connectivity index (χ0) is 18.4. The number of hydrogen-bond donors (Lipinski definition) is 1. The van der Waals surface area contributed by atoms with Crippen LogP contribution in [-0.4, -0.2) is 36.4 Å². The molecule has 0 saturated heterocycles. The van der Waals surface area contributed by atoms with Crippen LogP contribution in [0.3, 0.4) is 0 Å². The average molecular weight is 351 g/mol. The third-order valence-corrected chi connectivity index (χ3v) is 3.85. The Morgan fingerprint density at radius 3 is 2.58 bits per heavy atom. The highest BCUT2D eigenvalue weighted by molar-refractivity contribution is 5.64. The van der Waals surface area contributed by atoms with Crippen LogP contribution in [0.4, 0.5) is 17.5 Å². The fourth-order valence-electron chi connectivity index (χ4n) is 2.49. The summed E-state index contributed by atoms with van der Waals surface area (Å²) in [5.41, 5.74) is 1.93. The highest BCUT2D eigenvalue weighted by Crippen LogP contribution is 2.30. The number of methoxy groups -OCH3 is 2. The predicted octanol–water partition coefficient (Wildman–Crippen LogP) is 3.27. The van der Waals surface area contributed by atoms with Crippen LogP contribution < -0.4 is 19.7 Å². The van der Waals surface area contributed by atoms with E-state index in [2.05, 4.69) is 32.6 Å². The topological polar surface area (TPSA) is 72.4 Å². The molecular weight excluding hydrogens is 330 g/mol. The molecule has 0 saturated carbocycles. The lowest BCUT2D eigenvalue weighted by Gasteiger charge is -2.18. The Bertz CT molecular complexity index is 858. The van der Waals surface area contributed by atoms with Crippen molar-refractivity contribution in [1.29, 1.82) is 0 Å². The van der Waals surface area contributed by atoms with Crippen LogP contribution in [-0.2, 0) is 6.54 Å². The molecule has 134 valence electrons. The minimum Gasteiger partial charge on any atom is -0.497 e. The molecule has 1 N–H and O–H groups in total. The van der Waals surface area contributed by atoms with E-state index in [-0.39, 0.29) is 0 Å². The Balaban J connectivity index is 1.77. The molecule has 0 bridgehead atoms. The van der Waals surface area contributed by atoms with Crippen molar-refractivity contribution in [3.8, 4) is 11.5 Å². The summed E-state index contributed by atoms with van der Waals surface area (Å²) < 4.78 is 10.6. The third-order valence-electron chi connectivity index (χ3n) is 3.85. The van der Waals surface area contributed by atoms with Gasteiger partial charge in [-0.3, -0.25) is 0 Å². The summed E-state index contributed by atoms with van der Waals surface area (Å²) >= 11 is 0. The van der Waals surface area contributed by atoms with Crippen LogP contribution >= 0.6 is 0 Å². The number of benzene rings is 2. The van der Waals surface area contributed by atoms with E-state index in [1.807, 2.05) is 42.3 Å².